The predicted octanol–water partition coefficient (Wildman–Crippen LogP) is 5.56. The monoisotopic (exact) mass is 450 g/mol. The Morgan fingerprint density at radius 2 is 1.84 bits per heavy atom. The maximum Gasteiger partial charge on any atom is 0.192 e. The van der Waals surface area contributed by atoms with E-state index in [9.17, 15) is 0 Å². The molecule has 0 N–H and O–H groups in total. The van der Waals surface area contributed by atoms with Crippen LogP contribution >= 0.6 is 23.1 Å². The third kappa shape index (κ3) is 4.65. The van der Waals surface area contributed by atoms with E-state index in [0.717, 1.165) is 32.8 Å². The summed E-state index contributed by atoms with van der Waals surface area (Å²) in [5.74, 6) is 2.94. The minimum Gasteiger partial charge on any atom is -0.493 e. The van der Waals surface area contributed by atoms with E-state index in [2.05, 4.69) is 26.7 Å². The molecule has 2 aromatic heterocycles. The van der Waals surface area contributed by atoms with Crippen molar-refractivity contribution >= 4 is 23.1 Å². The van der Waals surface area contributed by atoms with Crippen LogP contribution in [-0.4, -0.2) is 34.0 Å². The molecule has 2 aromatic carbocycles. The average Bonchev–Trinajstić information content (AvgIpc) is 3.45. The van der Waals surface area contributed by atoms with Gasteiger partial charge in [0.2, 0.25) is 0 Å². The van der Waals surface area contributed by atoms with Crippen LogP contribution in [0.2, 0.25) is 0 Å². The normalized spacial score (nSPS) is 10.8. The summed E-state index contributed by atoms with van der Waals surface area (Å²) in [4.78, 5) is 4.79. The lowest BCUT2D eigenvalue weighted by Crippen LogP contribution is -2.00. The first-order valence-corrected chi connectivity index (χ1v) is 11.5. The first kappa shape index (κ1) is 21.1. The van der Waals surface area contributed by atoms with E-state index in [1.165, 1.54) is 0 Å². The van der Waals surface area contributed by atoms with Gasteiger partial charge in [-0.1, -0.05) is 48.2 Å². The molecule has 0 unspecified atom stereocenters. The fourth-order valence-electron chi connectivity index (χ4n) is 3.10. The molecule has 31 heavy (non-hydrogen) atoms. The van der Waals surface area contributed by atoms with Gasteiger partial charge in [0.05, 0.1) is 19.9 Å². The van der Waals surface area contributed by atoms with Gasteiger partial charge < -0.3 is 9.47 Å². The molecule has 2 heterocycles. The van der Waals surface area contributed by atoms with Crippen LogP contribution in [0.4, 0.5) is 0 Å². The van der Waals surface area contributed by atoms with Crippen LogP contribution < -0.4 is 9.47 Å². The van der Waals surface area contributed by atoms with Crippen molar-refractivity contribution in [3.05, 3.63) is 72.3 Å². The Balaban J connectivity index is 1.52. The molecule has 0 bridgehead atoms. The Morgan fingerprint density at radius 3 is 2.58 bits per heavy atom. The molecule has 0 radical (unpaired) electrons. The first-order chi connectivity index (χ1) is 15.2. The highest BCUT2D eigenvalue weighted by Crippen LogP contribution is 2.34. The lowest BCUT2D eigenvalue weighted by Gasteiger charge is -2.08. The molecule has 6 nitrogen and oxygen atoms in total. The van der Waals surface area contributed by atoms with Gasteiger partial charge in [-0.25, -0.2) is 4.98 Å². The van der Waals surface area contributed by atoms with E-state index >= 15 is 0 Å². The summed E-state index contributed by atoms with van der Waals surface area (Å²) in [7, 11) is 3.26. The molecule has 0 aliphatic rings. The van der Waals surface area contributed by atoms with Gasteiger partial charge >= 0.3 is 0 Å². The summed E-state index contributed by atoms with van der Waals surface area (Å²) in [5, 5.41) is 12.7. The number of thioether (sulfide) groups is 1. The molecule has 0 spiro atoms. The zero-order valence-corrected chi connectivity index (χ0v) is 18.9. The number of methoxy groups -OCH3 is 2. The van der Waals surface area contributed by atoms with Crippen molar-refractivity contribution in [3.8, 4) is 33.5 Å². The van der Waals surface area contributed by atoms with Gasteiger partial charge in [-0.05, 0) is 18.2 Å². The number of benzene rings is 2. The Labute approximate surface area is 189 Å². The van der Waals surface area contributed by atoms with Gasteiger partial charge in [-0.2, -0.15) is 0 Å². The number of rotatable bonds is 9. The Hall–Kier alpha value is -3.10. The predicted molar refractivity (Wildman–Crippen MR) is 126 cm³/mol. The summed E-state index contributed by atoms with van der Waals surface area (Å²) in [6.45, 7) is 4.52. The van der Waals surface area contributed by atoms with E-state index in [1.807, 2.05) is 54.6 Å². The van der Waals surface area contributed by atoms with Gasteiger partial charge in [-0.15, -0.1) is 28.1 Å². The fourth-order valence-corrected chi connectivity index (χ4v) is 4.87. The van der Waals surface area contributed by atoms with E-state index < -0.39 is 0 Å². The van der Waals surface area contributed by atoms with Crippen LogP contribution in [0.3, 0.4) is 0 Å². The Bertz CT molecular complexity index is 1170. The summed E-state index contributed by atoms with van der Waals surface area (Å²) in [6.07, 6.45) is 1.86. The molecule has 0 atom stereocenters. The smallest absolute Gasteiger partial charge is 0.192 e. The number of aromatic nitrogens is 4. The standard InChI is InChI=1S/C23H22N4O2S2/c1-4-12-27-21(16-8-6-5-7-9-16)25-26-23(27)31-15-18-14-30-22(24-18)17-10-11-19(28-2)20(13-17)29-3/h4-11,13-14H,1,12,15H2,2-3H3. The minimum absolute atomic E-state index is 0.646. The summed E-state index contributed by atoms with van der Waals surface area (Å²) < 4.78 is 12.8. The second kappa shape index (κ2) is 9.80. The zero-order chi connectivity index (χ0) is 21.6. The largest absolute Gasteiger partial charge is 0.493 e. The summed E-state index contributed by atoms with van der Waals surface area (Å²) >= 11 is 3.23. The van der Waals surface area contributed by atoms with Gasteiger partial charge in [0.15, 0.2) is 22.5 Å². The van der Waals surface area contributed by atoms with Crippen LogP contribution in [0.25, 0.3) is 22.0 Å². The molecule has 0 aliphatic heterocycles. The lowest BCUT2D eigenvalue weighted by molar-refractivity contribution is 0.355. The topological polar surface area (TPSA) is 62.1 Å². The molecule has 0 amide bonds. The van der Waals surface area contributed by atoms with Crippen molar-refractivity contribution in [1.82, 2.24) is 19.7 Å². The van der Waals surface area contributed by atoms with Crippen LogP contribution in [0.1, 0.15) is 5.69 Å². The third-order valence-electron chi connectivity index (χ3n) is 4.59. The first-order valence-electron chi connectivity index (χ1n) is 9.62. The van der Waals surface area contributed by atoms with Crippen LogP contribution in [0, 0.1) is 0 Å². The average molecular weight is 451 g/mol. The van der Waals surface area contributed by atoms with Gasteiger partial charge in [0, 0.05) is 28.8 Å². The second-order valence-electron chi connectivity index (χ2n) is 6.57. The van der Waals surface area contributed by atoms with Crippen LogP contribution in [0.15, 0.2) is 71.7 Å². The van der Waals surface area contributed by atoms with Crippen molar-refractivity contribution in [2.75, 3.05) is 14.2 Å². The van der Waals surface area contributed by atoms with Crippen molar-refractivity contribution in [1.29, 1.82) is 0 Å². The van der Waals surface area contributed by atoms with Gasteiger partial charge in [0.1, 0.15) is 5.01 Å². The van der Waals surface area contributed by atoms with E-state index in [1.54, 1.807) is 37.3 Å². The van der Waals surface area contributed by atoms with Crippen molar-refractivity contribution in [3.63, 3.8) is 0 Å². The molecule has 4 rings (SSSR count). The van der Waals surface area contributed by atoms with E-state index in [4.69, 9.17) is 14.5 Å². The highest BCUT2D eigenvalue weighted by molar-refractivity contribution is 7.98. The van der Waals surface area contributed by atoms with Crippen molar-refractivity contribution in [2.24, 2.45) is 0 Å². The number of thiazole rings is 1. The second-order valence-corrected chi connectivity index (χ2v) is 8.37. The van der Waals surface area contributed by atoms with Gasteiger partial charge in [0.25, 0.3) is 0 Å². The van der Waals surface area contributed by atoms with Gasteiger partial charge in [-0.3, -0.25) is 4.57 Å². The quantitative estimate of drug-likeness (QED) is 0.246. The summed E-state index contributed by atoms with van der Waals surface area (Å²) in [6, 6.07) is 15.9. The molecule has 4 aromatic rings. The maximum absolute atomic E-state index is 5.41. The van der Waals surface area contributed by atoms with Crippen LogP contribution in [-0.2, 0) is 12.3 Å². The lowest BCUT2D eigenvalue weighted by atomic mass is 10.2. The highest BCUT2D eigenvalue weighted by atomic mass is 32.2. The molecule has 0 saturated heterocycles. The molecule has 8 heteroatoms. The number of nitrogens with zero attached hydrogens (tertiary/aromatic N) is 4. The number of hydrogen-bond donors (Lipinski definition) is 0. The minimum atomic E-state index is 0.646. The Morgan fingerprint density at radius 1 is 1.03 bits per heavy atom. The molecule has 0 aliphatic carbocycles. The molecule has 0 fully saturated rings. The number of allylic oxidation sites excluding steroid dienone is 1. The number of ether oxygens (including phenoxy) is 2. The van der Waals surface area contributed by atoms with E-state index in [-0.39, 0.29) is 0 Å². The molecular weight excluding hydrogens is 428 g/mol. The molecular formula is C23H22N4O2S2. The van der Waals surface area contributed by atoms with Crippen LogP contribution in [0.5, 0.6) is 11.5 Å². The highest BCUT2D eigenvalue weighted by Gasteiger charge is 2.15. The third-order valence-corrected chi connectivity index (χ3v) is 6.53. The van der Waals surface area contributed by atoms with Crippen molar-refractivity contribution < 1.29 is 9.47 Å². The van der Waals surface area contributed by atoms with E-state index in [0.29, 0.717) is 23.8 Å². The SMILES string of the molecule is C=CCn1c(SCc2csc(-c3ccc(OC)c(OC)c3)n2)nnc1-c1ccccc1. The maximum atomic E-state index is 5.41. The number of hydrogen-bond acceptors (Lipinski definition) is 7. The fraction of sp³-hybridized carbons (Fsp3) is 0.174. The Kier molecular flexibility index (Phi) is 6.69. The molecule has 0 saturated carbocycles. The summed E-state index contributed by atoms with van der Waals surface area (Å²) in [5.41, 5.74) is 3.03. The van der Waals surface area contributed by atoms with Crippen molar-refractivity contribution in [2.45, 2.75) is 17.5 Å². The zero-order valence-electron chi connectivity index (χ0n) is 17.3. The molecule has 158 valence electrons.